The molecule has 1 aromatic heterocycles. The van der Waals surface area contributed by atoms with Gasteiger partial charge < -0.3 is 25.0 Å². The van der Waals surface area contributed by atoms with E-state index in [9.17, 15) is 0 Å². The van der Waals surface area contributed by atoms with Gasteiger partial charge in [-0.3, -0.25) is 0 Å². The smallest absolute Gasteiger partial charge is 0.165 e. The van der Waals surface area contributed by atoms with E-state index < -0.39 is 0 Å². The van der Waals surface area contributed by atoms with Crippen molar-refractivity contribution in [2.45, 2.75) is 38.3 Å². The van der Waals surface area contributed by atoms with Crippen molar-refractivity contribution < 1.29 is 9.47 Å². The van der Waals surface area contributed by atoms with E-state index in [1.807, 2.05) is 12.1 Å². The third-order valence-electron chi connectivity index (χ3n) is 6.61. The molecule has 1 aliphatic rings. The number of aromatic nitrogens is 1. The highest BCUT2D eigenvalue weighted by Crippen LogP contribution is 2.32. The Morgan fingerprint density at radius 2 is 1.76 bits per heavy atom. The molecule has 0 radical (unpaired) electrons. The number of ether oxygens (including phenoxy) is 2. The number of hydrogen-bond donors (Lipinski definition) is 2. The van der Waals surface area contributed by atoms with Gasteiger partial charge in [-0.25, -0.2) is 4.98 Å². The van der Waals surface area contributed by atoms with E-state index in [1.54, 1.807) is 14.2 Å². The molecule has 0 amide bonds. The average molecular weight is 449 g/mol. The standard InChI is InChI=1S/C27H36N4O2/c1-31(2)24-16-26(30-23-10-6-5-9-22(23)24)29-21-14-12-19(13-15-21)17-28-18-20-8-7-11-25(32-3)27(20)33-4/h5-11,16,19,21,28H,12-15,17-18H2,1-4H3,(H,29,30). The summed E-state index contributed by atoms with van der Waals surface area (Å²) in [5.41, 5.74) is 3.37. The zero-order valence-electron chi connectivity index (χ0n) is 20.2. The normalized spacial score (nSPS) is 18.2. The van der Waals surface area contributed by atoms with E-state index >= 15 is 0 Å². The van der Waals surface area contributed by atoms with Gasteiger partial charge in [0.25, 0.3) is 0 Å². The third-order valence-corrected chi connectivity index (χ3v) is 6.61. The van der Waals surface area contributed by atoms with Gasteiger partial charge in [-0.2, -0.15) is 0 Å². The maximum absolute atomic E-state index is 5.55. The van der Waals surface area contributed by atoms with Crippen molar-refractivity contribution in [2.75, 3.05) is 45.1 Å². The van der Waals surface area contributed by atoms with Crippen LogP contribution in [0.25, 0.3) is 10.9 Å². The van der Waals surface area contributed by atoms with Gasteiger partial charge in [-0.1, -0.05) is 30.3 Å². The molecule has 6 heteroatoms. The van der Waals surface area contributed by atoms with Crippen molar-refractivity contribution in [1.29, 1.82) is 0 Å². The van der Waals surface area contributed by atoms with Gasteiger partial charge in [0.2, 0.25) is 0 Å². The van der Waals surface area contributed by atoms with Gasteiger partial charge in [0.05, 0.1) is 19.7 Å². The van der Waals surface area contributed by atoms with Crippen molar-refractivity contribution in [3.8, 4) is 11.5 Å². The lowest BCUT2D eigenvalue weighted by molar-refractivity contribution is 0.321. The van der Waals surface area contributed by atoms with Crippen LogP contribution < -0.4 is 25.0 Å². The Morgan fingerprint density at radius 3 is 2.48 bits per heavy atom. The molecule has 3 aromatic rings. The Kier molecular flexibility index (Phi) is 7.55. The van der Waals surface area contributed by atoms with E-state index in [0.29, 0.717) is 12.0 Å². The Hall–Kier alpha value is -2.99. The second-order valence-corrected chi connectivity index (χ2v) is 9.08. The first-order valence-electron chi connectivity index (χ1n) is 11.8. The monoisotopic (exact) mass is 448 g/mol. The highest BCUT2D eigenvalue weighted by Gasteiger charge is 2.22. The molecule has 1 fully saturated rings. The molecule has 0 bridgehead atoms. The average Bonchev–Trinajstić information content (AvgIpc) is 2.84. The molecule has 4 rings (SSSR count). The van der Waals surface area contributed by atoms with Gasteiger partial charge in [0.1, 0.15) is 5.82 Å². The summed E-state index contributed by atoms with van der Waals surface area (Å²) in [7, 11) is 7.55. The Balaban J connectivity index is 1.29. The lowest BCUT2D eigenvalue weighted by Crippen LogP contribution is -2.31. The molecule has 0 spiro atoms. The number of fused-ring (bicyclic) bond motifs is 1. The molecule has 0 unspecified atom stereocenters. The van der Waals surface area contributed by atoms with Gasteiger partial charge in [0.15, 0.2) is 11.5 Å². The van der Waals surface area contributed by atoms with Crippen LogP contribution in [0.2, 0.25) is 0 Å². The van der Waals surface area contributed by atoms with E-state index in [-0.39, 0.29) is 0 Å². The van der Waals surface area contributed by atoms with Crippen molar-refractivity contribution in [2.24, 2.45) is 5.92 Å². The number of para-hydroxylation sites is 2. The highest BCUT2D eigenvalue weighted by molar-refractivity contribution is 5.93. The predicted octanol–water partition coefficient (Wildman–Crippen LogP) is 5.08. The number of rotatable bonds is 9. The number of nitrogens with one attached hydrogen (secondary N) is 2. The second kappa shape index (κ2) is 10.8. The number of pyridine rings is 1. The first kappa shape index (κ1) is 23.2. The summed E-state index contributed by atoms with van der Waals surface area (Å²) < 4.78 is 11.0. The van der Waals surface area contributed by atoms with Crippen molar-refractivity contribution >= 4 is 22.4 Å². The molecule has 2 N–H and O–H groups in total. The molecular weight excluding hydrogens is 412 g/mol. The quantitative estimate of drug-likeness (QED) is 0.476. The van der Waals surface area contributed by atoms with Gasteiger partial charge >= 0.3 is 0 Å². The van der Waals surface area contributed by atoms with E-state index in [1.165, 1.54) is 36.8 Å². The highest BCUT2D eigenvalue weighted by atomic mass is 16.5. The Labute approximate surface area is 197 Å². The third kappa shape index (κ3) is 5.50. The van der Waals surface area contributed by atoms with Crippen LogP contribution >= 0.6 is 0 Å². The molecule has 0 atom stereocenters. The van der Waals surface area contributed by atoms with Gasteiger partial charge in [-0.15, -0.1) is 0 Å². The van der Waals surface area contributed by atoms with E-state index in [0.717, 1.165) is 41.5 Å². The first-order valence-corrected chi connectivity index (χ1v) is 11.8. The molecule has 0 aliphatic heterocycles. The van der Waals surface area contributed by atoms with Crippen LogP contribution in [-0.4, -0.2) is 45.9 Å². The van der Waals surface area contributed by atoms with Crippen LogP contribution in [0.5, 0.6) is 11.5 Å². The molecule has 0 saturated heterocycles. The summed E-state index contributed by atoms with van der Waals surface area (Å²) >= 11 is 0. The Morgan fingerprint density at radius 1 is 0.970 bits per heavy atom. The number of methoxy groups -OCH3 is 2. The fourth-order valence-electron chi connectivity index (χ4n) is 4.82. The largest absolute Gasteiger partial charge is 0.493 e. The summed E-state index contributed by atoms with van der Waals surface area (Å²) in [6.45, 7) is 1.80. The summed E-state index contributed by atoms with van der Waals surface area (Å²) in [4.78, 5) is 7.03. The fourth-order valence-corrected chi connectivity index (χ4v) is 4.82. The SMILES string of the molecule is COc1cccc(CNCC2CCC(Nc3cc(N(C)C)c4ccccc4n3)CC2)c1OC. The zero-order chi connectivity index (χ0) is 23.2. The zero-order valence-corrected chi connectivity index (χ0v) is 20.2. The van der Waals surface area contributed by atoms with Gasteiger partial charge in [-0.05, 0) is 50.3 Å². The van der Waals surface area contributed by atoms with Crippen LogP contribution in [0.3, 0.4) is 0 Å². The Bertz CT molecular complexity index is 1060. The molecule has 6 nitrogen and oxygen atoms in total. The predicted molar refractivity (Wildman–Crippen MR) is 137 cm³/mol. The van der Waals surface area contributed by atoms with E-state index in [2.05, 4.69) is 66.0 Å². The number of hydrogen-bond acceptors (Lipinski definition) is 6. The van der Waals surface area contributed by atoms with Crippen LogP contribution in [0.15, 0.2) is 48.5 Å². The van der Waals surface area contributed by atoms with Crippen molar-refractivity contribution in [1.82, 2.24) is 10.3 Å². The number of benzene rings is 2. The first-order chi connectivity index (χ1) is 16.1. The van der Waals surface area contributed by atoms with E-state index in [4.69, 9.17) is 14.5 Å². The van der Waals surface area contributed by atoms with Crippen LogP contribution in [-0.2, 0) is 6.54 Å². The summed E-state index contributed by atoms with van der Waals surface area (Å²) in [6, 6.07) is 17.0. The second-order valence-electron chi connectivity index (χ2n) is 9.08. The molecule has 1 saturated carbocycles. The molecule has 2 aromatic carbocycles. The lowest BCUT2D eigenvalue weighted by atomic mass is 9.86. The fraction of sp³-hybridized carbons (Fsp3) is 0.444. The number of anilines is 2. The van der Waals surface area contributed by atoms with Crippen molar-refractivity contribution in [3.63, 3.8) is 0 Å². The van der Waals surface area contributed by atoms with Crippen LogP contribution in [0.4, 0.5) is 11.5 Å². The summed E-state index contributed by atoms with van der Waals surface area (Å²) in [5.74, 6) is 3.27. The minimum Gasteiger partial charge on any atom is -0.493 e. The maximum Gasteiger partial charge on any atom is 0.165 e. The maximum atomic E-state index is 5.55. The van der Waals surface area contributed by atoms with Crippen LogP contribution in [0, 0.1) is 5.92 Å². The van der Waals surface area contributed by atoms with Gasteiger partial charge in [0, 0.05) is 49.4 Å². The van der Waals surface area contributed by atoms with Crippen molar-refractivity contribution in [3.05, 3.63) is 54.1 Å². The summed E-state index contributed by atoms with van der Waals surface area (Å²) in [5, 5.41) is 8.53. The number of nitrogens with zero attached hydrogens (tertiary/aromatic N) is 2. The summed E-state index contributed by atoms with van der Waals surface area (Å²) in [6.07, 6.45) is 4.77. The minimum absolute atomic E-state index is 0.475. The molecule has 1 aliphatic carbocycles. The topological polar surface area (TPSA) is 58.7 Å². The van der Waals surface area contributed by atoms with Crippen LogP contribution in [0.1, 0.15) is 31.2 Å². The molecule has 176 valence electrons. The molecule has 33 heavy (non-hydrogen) atoms. The molecule has 1 heterocycles. The molecular formula is C27H36N4O2. The minimum atomic E-state index is 0.475. The lowest BCUT2D eigenvalue weighted by Gasteiger charge is -2.30.